The highest BCUT2D eigenvalue weighted by atomic mass is 79.9. The van der Waals surface area contributed by atoms with Crippen LogP contribution in [0.15, 0.2) is 56.3 Å². The Bertz CT molecular complexity index is 998. The van der Waals surface area contributed by atoms with E-state index in [9.17, 15) is 9.59 Å². The molecule has 0 spiro atoms. The van der Waals surface area contributed by atoms with Crippen molar-refractivity contribution in [3.05, 3.63) is 74.3 Å². The van der Waals surface area contributed by atoms with Gasteiger partial charge >= 0.3 is 0 Å². The van der Waals surface area contributed by atoms with Crippen LogP contribution in [0.1, 0.15) is 27.9 Å². The van der Waals surface area contributed by atoms with E-state index in [1.165, 1.54) is 4.90 Å². The van der Waals surface area contributed by atoms with Crippen LogP contribution in [-0.2, 0) is 0 Å². The van der Waals surface area contributed by atoms with Crippen LogP contribution in [0.25, 0.3) is 11.0 Å². The topological polar surface area (TPSA) is 63.4 Å². The van der Waals surface area contributed by atoms with Crippen molar-refractivity contribution in [3.8, 4) is 0 Å². The van der Waals surface area contributed by atoms with Crippen molar-refractivity contribution in [2.24, 2.45) is 0 Å². The molecule has 23 heavy (non-hydrogen) atoms. The second-order valence-electron chi connectivity index (χ2n) is 5.39. The summed E-state index contributed by atoms with van der Waals surface area (Å²) in [6.45, 7) is 0. The van der Waals surface area contributed by atoms with Gasteiger partial charge in [-0.1, -0.05) is 22.0 Å². The molecule has 0 aliphatic carbocycles. The number of rotatable bonds is 1. The maximum Gasteiger partial charge on any atom is 0.290 e. The van der Waals surface area contributed by atoms with E-state index in [-0.39, 0.29) is 17.1 Å². The summed E-state index contributed by atoms with van der Waals surface area (Å²) in [7, 11) is 1.65. The van der Waals surface area contributed by atoms with Gasteiger partial charge in [0, 0.05) is 17.7 Å². The summed E-state index contributed by atoms with van der Waals surface area (Å²) in [5.74, 6) is -0.208. The van der Waals surface area contributed by atoms with Crippen molar-refractivity contribution in [3.63, 3.8) is 0 Å². The molecule has 1 atom stereocenters. The molecular weight excluding hydrogens is 360 g/mol. The van der Waals surface area contributed by atoms with E-state index in [0.29, 0.717) is 22.2 Å². The molecule has 3 aromatic rings. The van der Waals surface area contributed by atoms with Crippen LogP contribution >= 0.6 is 15.9 Å². The molecule has 0 N–H and O–H groups in total. The molecule has 0 bridgehead atoms. The standard InChI is InChI=1S/C17H11BrN2O3/c1-20-14(11-4-2-3-7-19-11)13-15(21)10-8-9(18)5-6-12(10)23-16(13)17(20)22/h2-8,14H,1H3. The minimum absolute atomic E-state index is 0.1000. The SMILES string of the molecule is CN1C(=O)c2oc3ccc(Br)cc3c(=O)c2C1c1ccccn1. The molecule has 0 saturated carbocycles. The summed E-state index contributed by atoms with van der Waals surface area (Å²) in [4.78, 5) is 31.3. The lowest BCUT2D eigenvalue weighted by Gasteiger charge is -2.18. The average molecular weight is 371 g/mol. The molecule has 4 rings (SSSR count). The van der Waals surface area contributed by atoms with Crippen LogP contribution in [0.4, 0.5) is 0 Å². The van der Waals surface area contributed by atoms with Crippen LogP contribution in [-0.4, -0.2) is 22.8 Å². The van der Waals surface area contributed by atoms with Crippen molar-refractivity contribution in [2.45, 2.75) is 6.04 Å². The van der Waals surface area contributed by atoms with Gasteiger partial charge in [0.25, 0.3) is 5.91 Å². The van der Waals surface area contributed by atoms with E-state index >= 15 is 0 Å². The molecule has 114 valence electrons. The van der Waals surface area contributed by atoms with Crippen molar-refractivity contribution in [1.82, 2.24) is 9.88 Å². The number of fused-ring (bicyclic) bond motifs is 2. The van der Waals surface area contributed by atoms with Gasteiger partial charge in [-0.15, -0.1) is 0 Å². The first-order chi connectivity index (χ1) is 11.1. The maximum atomic E-state index is 13.0. The fourth-order valence-electron chi connectivity index (χ4n) is 2.94. The first-order valence-electron chi connectivity index (χ1n) is 7.02. The number of aromatic nitrogens is 1. The van der Waals surface area contributed by atoms with Crippen LogP contribution in [0, 0.1) is 0 Å². The molecule has 3 heterocycles. The predicted molar refractivity (Wildman–Crippen MR) is 88.4 cm³/mol. The number of halogens is 1. The lowest BCUT2D eigenvalue weighted by Crippen LogP contribution is -2.25. The molecule has 1 aromatic carbocycles. The Labute approximate surface area is 139 Å². The van der Waals surface area contributed by atoms with Crippen LogP contribution < -0.4 is 5.43 Å². The minimum Gasteiger partial charge on any atom is -0.450 e. The fourth-order valence-corrected chi connectivity index (χ4v) is 3.31. The highest BCUT2D eigenvalue weighted by Gasteiger charge is 2.41. The second kappa shape index (κ2) is 5.03. The Morgan fingerprint density at radius 2 is 2.04 bits per heavy atom. The third kappa shape index (κ3) is 2.02. The normalized spacial score (nSPS) is 16.9. The number of pyridine rings is 1. The van der Waals surface area contributed by atoms with Crippen LogP contribution in [0.2, 0.25) is 0 Å². The molecule has 1 unspecified atom stereocenters. The lowest BCUT2D eigenvalue weighted by molar-refractivity contribution is 0.0769. The van der Waals surface area contributed by atoms with Gasteiger partial charge < -0.3 is 9.32 Å². The number of hydrogen-bond donors (Lipinski definition) is 0. The Morgan fingerprint density at radius 3 is 2.78 bits per heavy atom. The zero-order valence-corrected chi connectivity index (χ0v) is 13.7. The number of carbonyl (C=O) groups is 1. The van der Waals surface area contributed by atoms with E-state index in [2.05, 4.69) is 20.9 Å². The third-order valence-corrected chi connectivity index (χ3v) is 4.52. The zero-order valence-electron chi connectivity index (χ0n) is 12.1. The molecule has 6 heteroatoms. The number of carbonyl (C=O) groups excluding carboxylic acids is 1. The van der Waals surface area contributed by atoms with Gasteiger partial charge in [0.05, 0.1) is 16.6 Å². The molecule has 1 aliphatic rings. The largest absolute Gasteiger partial charge is 0.450 e. The molecule has 0 radical (unpaired) electrons. The maximum absolute atomic E-state index is 13.0. The van der Waals surface area contributed by atoms with E-state index in [0.717, 1.165) is 4.47 Å². The van der Waals surface area contributed by atoms with E-state index < -0.39 is 6.04 Å². The van der Waals surface area contributed by atoms with Gasteiger partial charge in [-0.05, 0) is 30.3 Å². The summed E-state index contributed by atoms with van der Waals surface area (Å²) in [6, 6.07) is 10.1. The molecule has 1 aliphatic heterocycles. The highest BCUT2D eigenvalue weighted by molar-refractivity contribution is 9.10. The Morgan fingerprint density at radius 1 is 1.22 bits per heavy atom. The zero-order chi connectivity index (χ0) is 16.1. The lowest BCUT2D eigenvalue weighted by atomic mass is 10.0. The third-order valence-electron chi connectivity index (χ3n) is 4.03. The monoisotopic (exact) mass is 370 g/mol. The highest BCUT2D eigenvalue weighted by Crippen LogP contribution is 2.36. The Kier molecular flexibility index (Phi) is 3.09. The predicted octanol–water partition coefficient (Wildman–Crippen LogP) is 3.13. The van der Waals surface area contributed by atoms with Gasteiger partial charge in [0.2, 0.25) is 5.76 Å². The number of hydrogen-bond acceptors (Lipinski definition) is 4. The molecule has 0 fully saturated rings. The summed E-state index contributed by atoms with van der Waals surface area (Å²) < 4.78 is 6.52. The second-order valence-corrected chi connectivity index (χ2v) is 6.30. The van der Waals surface area contributed by atoms with E-state index in [1.54, 1.807) is 43.6 Å². The Balaban J connectivity index is 2.06. The van der Waals surface area contributed by atoms with E-state index in [4.69, 9.17) is 4.42 Å². The Hall–Kier alpha value is -2.47. The average Bonchev–Trinajstić information content (AvgIpc) is 2.81. The van der Waals surface area contributed by atoms with Crippen LogP contribution in [0.3, 0.4) is 0 Å². The van der Waals surface area contributed by atoms with Crippen molar-refractivity contribution >= 4 is 32.8 Å². The van der Waals surface area contributed by atoms with Gasteiger partial charge in [0.15, 0.2) is 5.43 Å². The first-order valence-corrected chi connectivity index (χ1v) is 7.81. The van der Waals surface area contributed by atoms with Crippen molar-refractivity contribution in [1.29, 1.82) is 0 Å². The molecular formula is C17H11BrN2O3. The molecule has 1 amide bonds. The smallest absolute Gasteiger partial charge is 0.290 e. The van der Waals surface area contributed by atoms with Crippen LogP contribution in [0.5, 0.6) is 0 Å². The number of amides is 1. The van der Waals surface area contributed by atoms with Gasteiger partial charge in [-0.25, -0.2) is 0 Å². The number of nitrogens with zero attached hydrogens (tertiary/aromatic N) is 2. The quantitative estimate of drug-likeness (QED) is 0.660. The number of benzene rings is 1. The van der Waals surface area contributed by atoms with Gasteiger partial charge in [-0.2, -0.15) is 0 Å². The van der Waals surface area contributed by atoms with E-state index in [1.807, 2.05) is 6.07 Å². The first kappa shape index (κ1) is 14.1. The van der Waals surface area contributed by atoms with Crippen molar-refractivity contribution < 1.29 is 9.21 Å². The summed E-state index contributed by atoms with van der Waals surface area (Å²) in [5.41, 5.74) is 1.20. The molecule has 5 nitrogen and oxygen atoms in total. The summed E-state index contributed by atoms with van der Waals surface area (Å²) in [6.07, 6.45) is 1.64. The minimum atomic E-state index is -0.529. The van der Waals surface area contributed by atoms with Gasteiger partial charge in [-0.3, -0.25) is 14.6 Å². The fraction of sp³-hybridized carbons (Fsp3) is 0.118. The molecule has 0 saturated heterocycles. The summed E-state index contributed by atoms with van der Waals surface area (Å²) >= 11 is 3.36. The van der Waals surface area contributed by atoms with Crippen molar-refractivity contribution in [2.75, 3.05) is 7.05 Å². The summed E-state index contributed by atoms with van der Waals surface area (Å²) in [5, 5.41) is 0.446. The van der Waals surface area contributed by atoms with Gasteiger partial charge in [0.1, 0.15) is 11.6 Å². The molecule has 2 aromatic heterocycles.